The van der Waals surface area contributed by atoms with Gasteiger partial charge in [0, 0.05) is 17.3 Å². The Balaban J connectivity index is 1.44. The summed E-state index contributed by atoms with van der Waals surface area (Å²) in [6, 6.07) is 21.4. The van der Waals surface area contributed by atoms with Crippen LogP contribution in [0.2, 0.25) is 10.0 Å². The van der Waals surface area contributed by atoms with Crippen molar-refractivity contribution in [2.45, 2.75) is 11.4 Å². The molecule has 0 radical (unpaired) electrons. The summed E-state index contributed by atoms with van der Waals surface area (Å²) in [5.41, 5.74) is 1.75. The van der Waals surface area contributed by atoms with Gasteiger partial charge in [-0.05, 0) is 66.2 Å². The van der Waals surface area contributed by atoms with Crippen molar-refractivity contribution in [2.24, 2.45) is 0 Å². The third-order valence-corrected chi connectivity index (χ3v) is 9.53. The smallest absolute Gasteiger partial charge is 0.262 e. The molecule has 10 nitrogen and oxygen atoms in total. The predicted molar refractivity (Wildman–Crippen MR) is 169 cm³/mol. The molecule has 0 heterocycles. The van der Waals surface area contributed by atoms with Gasteiger partial charge in [-0.15, -0.1) is 0 Å². The number of hydrogen-bond acceptors (Lipinski definition) is 7. The van der Waals surface area contributed by atoms with Crippen molar-refractivity contribution in [1.82, 2.24) is 0 Å². The van der Waals surface area contributed by atoms with Crippen molar-refractivity contribution in [3.8, 4) is 11.5 Å². The molecule has 0 saturated heterocycles. The summed E-state index contributed by atoms with van der Waals surface area (Å²) >= 11 is 12.3. The monoisotopic (exact) mass is 663 g/mol. The van der Waals surface area contributed by atoms with E-state index in [1.165, 1.54) is 44.6 Å². The molecule has 4 rings (SSSR count). The first-order valence-corrected chi connectivity index (χ1v) is 16.6. The van der Waals surface area contributed by atoms with E-state index in [-0.39, 0.29) is 38.6 Å². The van der Waals surface area contributed by atoms with Crippen LogP contribution in [0.25, 0.3) is 0 Å². The standard InChI is InChI=1S/C29H27Cl2N3O7S2/c1-40-22-13-16-25(27(17-22)41-2)33-43(38,39)23-14-11-21(12-15-23)32-29(35)20-9-7-19(8-10-20)18-34(42(3,36)37)26-6-4-5-24(30)28(26)31/h4-17,33H,18H2,1-3H3,(H,32,35). The molecule has 0 spiro atoms. The average Bonchev–Trinajstić information content (AvgIpc) is 2.97. The Labute approximate surface area is 260 Å². The number of hydrogen-bond donors (Lipinski definition) is 2. The summed E-state index contributed by atoms with van der Waals surface area (Å²) in [6.07, 6.45) is 1.06. The second kappa shape index (κ2) is 13.1. The van der Waals surface area contributed by atoms with Crippen LogP contribution in [0.5, 0.6) is 11.5 Å². The summed E-state index contributed by atoms with van der Waals surface area (Å²) in [4.78, 5) is 12.8. The molecular formula is C29H27Cl2N3O7S2. The number of rotatable bonds is 11. The number of halogens is 2. The van der Waals surface area contributed by atoms with E-state index >= 15 is 0 Å². The van der Waals surface area contributed by atoms with Crippen LogP contribution in [0.3, 0.4) is 0 Å². The van der Waals surface area contributed by atoms with Crippen LogP contribution in [0.1, 0.15) is 15.9 Å². The molecule has 0 unspecified atom stereocenters. The fraction of sp³-hybridized carbons (Fsp3) is 0.138. The van der Waals surface area contributed by atoms with Crippen LogP contribution < -0.4 is 23.8 Å². The molecule has 4 aromatic rings. The number of sulfonamides is 2. The van der Waals surface area contributed by atoms with Gasteiger partial charge in [0.15, 0.2) is 0 Å². The normalized spacial score (nSPS) is 11.5. The third-order valence-electron chi connectivity index (χ3n) is 6.22. The lowest BCUT2D eigenvalue weighted by atomic mass is 10.1. The molecule has 2 N–H and O–H groups in total. The Bertz CT molecular complexity index is 1850. The van der Waals surface area contributed by atoms with Crippen LogP contribution in [0.4, 0.5) is 17.1 Å². The van der Waals surface area contributed by atoms with E-state index in [0.717, 1.165) is 10.6 Å². The molecule has 0 saturated carbocycles. The molecule has 0 fully saturated rings. The van der Waals surface area contributed by atoms with Gasteiger partial charge in [-0.25, -0.2) is 16.8 Å². The summed E-state index contributed by atoms with van der Waals surface area (Å²) in [5.74, 6) is 0.351. The highest BCUT2D eigenvalue weighted by atomic mass is 35.5. The first kappa shape index (κ1) is 32.0. The molecule has 0 atom stereocenters. The molecule has 0 aliphatic heterocycles. The van der Waals surface area contributed by atoms with Crippen molar-refractivity contribution in [2.75, 3.05) is 34.8 Å². The van der Waals surface area contributed by atoms with E-state index in [1.54, 1.807) is 54.6 Å². The number of methoxy groups -OCH3 is 2. The Hall–Kier alpha value is -3.97. The minimum Gasteiger partial charge on any atom is -0.497 e. The van der Waals surface area contributed by atoms with Gasteiger partial charge < -0.3 is 14.8 Å². The van der Waals surface area contributed by atoms with Crippen LogP contribution in [0, 0.1) is 0 Å². The van der Waals surface area contributed by atoms with E-state index in [0.29, 0.717) is 22.6 Å². The van der Waals surface area contributed by atoms with E-state index in [2.05, 4.69) is 10.0 Å². The van der Waals surface area contributed by atoms with Gasteiger partial charge in [0.1, 0.15) is 11.5 Å². The Morgan fingerprint density at radius 3 is 2.14 bits per heavy atom. The van der Waals surface area contributed by atoms with E-state index in [4.69, 9.17) is 32.7 Å². The lowest BCUT2D eigenvalue weighted by Crippen LogP contribution is -2.29. The number of carbonyl (C=O) groups excluding carboxylic acids is 1. The van der Waals surface area contributed by atoms with Gasteiger partial charge in [0.2, 0.25) is 10.0 Å². The van der Waals surface area contributed by atoms with Crippen molar-refractivity contribution in [3.63, 3.8) is 0 Å². The summed E-state index contributed by atoms with van der Waals surface area (Å²) in [6.45, 7) is -0.0346. The second-order valence-corrected chi connectivity index (χ2v) is 13.6. The molecular weight excluding hydrogens is 637 g/mol. The van der Waals surface area contributed by atoms with Crippen molar-refractivity contribution in [1.29, 1.82) is 0 Å². The number of ether oxygens (including phenoxy) is 2. The molecule has 226 valence electrons. The van der Waals surface area contributed by atoms with E-state index in [1.807, 2.05) is 0 Å². The number of carbonyl (C=O) groups is 1. The molecule has 43 heavy (non-hydrogen) atoms. The lowest BCUT2D eigenvalue weighted by Gasteiger charge is -2.24. The average molecular weight is 665 g/mol. The summed E-state index contributed by atoms with van der Waals surface area (Å²) < 4.78 is 64.9. The topological polar surface area (TPSA) is 131 Å². The predicted octanol–water partition coefficient (Wildman–Crippen LogP) is 6.03. The minimum absolute atomic E-state index is 0.0250. The highest BCUT2D eigenvalue weighted by Gasteiger charge is 2.22. The van der Waals surface area contributed by atoms with E-state index in [9.17, 15) is 21.6 Å². The Kier molecular flexibility index (Phi) is 9.75. The zero-order chi connectivity index (χ0) is 31.4. The van der Waals surface area contributed by atoms with Gasteiger partial charge in [0.05, 0.1) is 53.3 Å². The van der Waals surface area contributed by atoms with Gasteiger partial charge in [-0.2, -0.15) is 0 Å². The Morgan fingerprint density at radius 1 is 0.860 bits per heavy atom. The fourth-order valence-corrected chi connectivity index (χ4v) is 6.41. The molecule has 14 heteroatoms. The first-order valence-electron chi connectivity index (χ1n) is 12.5. The minimum atomic E-state index is -3.96. The van der Waals surface area contributed by atoms with Crippen LogP contribution in [-0.4, -0.2) is 43.2 Å². The van der Waals surface area contributed by atoms with Crippen LogP contribution in [0.15, 0.2) is 89.8 Å². The largest absolute Gasteiger partial charge is 0.497 e. The van der Waals surface area contributed by atoms with Crippen molar-refractivity contribution in [3.05, 3.63) is 106 Å². The van der Waals surface area contributed by atoms with Crippen LogP contribution in [-0.2, 0) is 26.6 Å². The fourth-order valence-electron chi connectivity index (χ4n) is 4.00. The van der Waals surface area contributed by atoms with Gasteiger partial charge >= 0.3 is 0 Å². The summed E-state index contributed by atoms with van der Waals surface area (Å²) in [7, 11) is -4.76. The van der Waals surface area contributed by atoms with E-state index < -0.39 is 26.0 Å². The number of benzene rings is 4. The molecule has 0 aliphatic carbocycles. The number of nitrogens with zero attached hydrogens (tertiary/aromatic N) is 1. The maximum atomic E-state index is 12.9. The molecule has 1 amide bonds. The van der Waals surface area contributed by atoms with Gasteiger partial charge in [0.25, 0.3) is 15.9 Å². The highest BCUT2D eigenvalue weighted by molar-refractivity contribution is 7.92. The lowest BCUT2D eigenvalue weighted by molar-refractivity contribution is 0.102. The zero-order valence-electron chi connectivity index (χ0n) is 23.2. The second-order valence-electron chi connectivity index (χ2n) is 9.19. The number of anilines is 3. The van der Waals surface area contributed by atoms with Crippen LogP contribution >= 0.6 is 23.2 Å². The maximum Gasteiger partial charge on any atom is 0.262 e. The molecule has 0 bridgehead atoms. The summed E-state index contributed by atoms with van der Waals surface area (Å²) in [5, 5.41) is 3.05. The quantitative estimate of drug-likeness (QED) is 0.200. The number of amides is 1. The highest BCUT2D eigenvalue weighted by Crippen LogP contribution is 2.35. The molecule has 0 aromatic heterocycles. The van der Waals surface area contributed by atoms with Crippen molar-refractivity contribution < 1.29 is 31.1 Å². The molecule has 0 aliphatic rings. The number of nitrogens with one attached hydrogen (secondary N) is 2. The molecule has 4 aromatic carbocycles. The van der Waals surface area contributed by atoms with Crippen molar-refractivity contribution >= 4 is 66.2 Å². The maximum absolute atomic E-state index is 12.9. The van der Waals surface area contributed by atoms with Gasteiger partial charge in [-0.3, -0.25) is 13.8 Å². The Morgan fingerprint density at radius 2 is 1.53 bits per heavy atom. The SMILES string of the molecule is COc1ccc(NS(=O)(=O)c2ccc(NC(=O)c3ccc(CN(c4cccc(Cl)c4Cl)S(C)(=O)=O)cc3)cc2)c(OC)c1. The third kappa shape index (κ3) is 7.71. The van der Waals surface area contributed by atoms with Gasteiger partial charge in [-0.1, -0.05) is 41.4 Å². The first-order chi connectivity index (χ1) is 20.3. The zero-order valence-corrected chi connectivity index (χ0v) is 26.3.